The second-order valence-corrected chi connectivity index (χ2v) is 20.2. The maximum Gasteiger partial charge on any atom is 0.364 e. The van der Waals surface area contributed by atoms with Gasteiger partial charge < -0.3 is 115 Å². The number of amides is 2. The lowest BCUT2D eigenvalue weighted by Gasteiger charge is -2.51. The Kier molecular flexibility index (Phi) is 21.1. The normalized spacial score (nSPS) is 29.3. The van der Waals surface area contributed by atoms with Gasteiger partial charge in [-0.1, -0.05) is 18.9 Å². The summed E-state index contributed by atoms with van der Waals surface area (Å²) in [5.41, 5.74) is 1.52. The van der Waals surface area contributed by atoms with Gasteiger partial charge in [-0.3, -0.25) is 14.4 Å². The number of unbranched alkanes of at least 4 members (excludes halogenated alkanes) is 3. The van der Waals surface area contributed by atoms with Crippen molar-refractivity contribution in [1.29, 1.82) is 0 Å². The number of carboxylic acids is 2. The largest absolute Gasteiger partial charge is 0.508 e. The topological polar surface area (TPSA) is 445 Å². The molecule has 2 amide bonds. The molecule has 0 unspecified atom stereocenters. The molecule has 0 aromatic heterocycles. The van der Waals surface area contributed by atoms with Gasteiger partial charge in [-0.15, -0.1) is 0 Å². The van der Waals surface area contributed by atoms with Crippen molar-refractivity contribution in [1.82, 2.24) is 16.0 Å². The number of carbonyl (C=O) groups excluding carboxylic acids is 2. The van der Waals surface area contributed by atoms with Crippen LogP contribution in [-0.2, 0) is 42.8 Å². The average Bonchev–Trinajstić information content (AvgIpc) is 3.59. The SMILES string of the molecule is CC(=O)N[C@H]1[C@H](OCCCCCCNC(=S)Nc2ccc(-c3c4ccc(=O)cc-4oc4cc(O)ccc34)c(C(=O)O)c2)O[C@H](CO)[C@@H](O[C@@H]2O[C@H](CO)[C@H](O)[C@H](O[C@]3(C(=O)O)C[C@H](O)[C@@H](NC(C)=O)[C@H]([C@@H](O)[C@@H](O)CO)O3)[C@H]2O)[C@@H]1O. The van der Waals surface area contributed by atoms with Gasteiger partial charge in [0.25, 0.3) is 5.79 Å². The number of hydrogen-bond donors (Lipinski definition) is 16. The number of aliphatic hydroxyl groups excluding tert-OH is 9. The first kappa shape index (κ1) is 62.5. The molecule has 16 atom stereocenters. The van der Waals surface area contributed by atoms with E-state index in [1.165, 1.54) is 30.3 Å². The lowest BCUT2D eigenvalue weighted by Crippen LogP contribution is -2.71. The number of aliphatic hydroxyl groups is 9. The third kappa shape index (κ3) is 14.4. The molecule has 0 radical (unpaired) electrons. The van der Waals surface area contributed by atoms with E-state index in [1.54, 1.807) is 24.3 Å². The van der Waals surface area contributed by atoms with Crippen LogP contribution in [0.4, 0.5) is 5.69 Å². The Labute approximate surface area is 466 Å². The summed E-state index contributed by atoms with van der Waals surface area (Å²) in [6, 6.07) is 10.3. The van der Waals surface area contributed by atoms with Gasteiger partial charge >= 0.3 is 11.9 Å². The number of phenolic OH excluding ortho intramolecular Hbond substituents is 1. The highest BCUT2D eigenvalue weighted by Gasteiger charge is 2.60. The fourth-order valence-electron chi connectivity index (χ4n) is 10.0. The smallest absolute Gasteiger partial charge is 0.364 e. The molecule has 1 aliphatic carbocycles. The van der Waals surface area contributed by atoms with E-state index in [-0.39, 0.29) is 39.8 Å². The van der Waals surface area contributed by atoms with Crippen molar-refractivity contribution in [3.8, 4) is 28.2 Å². The minimum atomic E-state index is -3.09. The summed E-state index contributed by atoms with van der Waals surface area (Å²) >= 11 is 5.49. The number of carboxylic acid groups (broad SMARTS) is 2. The summed E-state index contributed by atoms with van der Waals surface area (Å²) in [6.07, 6.45) is -23.3. The van der Waals surface area contributed by atoms with Crippen LogP contribution in [0.25, 0.3) is 33.4 Å². The van der Waals surface area contributed by atoms with Crippen molar-refractivity contribution >= 4 is 57.7 Å². The Hall–Kier alpha value is -6.10. The molecule has 4 heterocycles. The molecule has 7 rings (SSSR count). The van der Waals surface area contributed by atoms with Crippen molar-refractivity contribution in [2.24, 2.45) is 0 Å². The number of ether oxygens (including phenoxy) is 6. The summed E-state index contributed by atoms with van der Waals surface area (Å²) in [5, 5.41) is 139. The molecular weight excluding hydrogens is 1100 g/mol. The van der Waals surface area contributed by atoms with Crippen molar-refractivity contribution in [2.45, 2.75) is 144 Å². The van der Waals surface area contributed by atoms with E-state index in [9.17, 15) is 85.3 Å². The molecule has 81 heavy (non-hydrogen) atoms. The number of aromatic hydroxyl groups is 1. The van der Waals surface area contributed by atoms with E-state index in [4.69, 9.17) is 45.1 Å². The maximum absolute atomic E-state index is 12.9. The quantitative estimate of drug-likeness (QED) is 0.0212. The summed E-state index contributed by atoms with van der Waals surface area (Å²) < 4.78 is 40.7. The number of benzene rings is 3. The predicted molar refractivity (Wildman–Crippen MR) is 281 cm³/mol. The van der Waals surface area contributed by atoms with E-state index in [0.717, 1.165) is 13.8 Å². The van der Waals surface area contributed by atoms with Crippen LogP contribution in [0.15, 0.2) is 63.8 Å². The molecule has 444 valence electrons. The molecule has 4 aliphatic heterocycles. The standard InChI is InChI=1S/C52H66N4O24S/c1-22(60)54-38-31(64)18-52(50(72)73,79-45(38)40(66)32(65)19-57)80-46-41(67)35(20-58)76-49(43(46)69)78-44-36(21-59)77-48(39(42(44)68)55-23(2)61)74-14-6-4-3-5-13-53-51(81)56-24-7-10-27(30(15-24)47(70)71)37-28-11-8-25(62)16-33(28)75-34-17-26(63)9-12-29(34)37/h7-12,15-17,31-32,35-36,38-46,48-49,57-59,62,64-69H,3-6,13-14,18-21H2,1-2H3,(H,54,60)(H,55,61)(H,70,71)(H,72,73)(H2,53,56,81)/t31-,32-,35+,36+,38+,39+,40-,41-,42+,43+,44+,45+,46-,48+,49-,52-/m0/s1. The van der Waals surface area contributed by atoms with Crippen LogP contribution < -0.4 is 26.7 Å². The Morgan fingerprint density at radius 2 is 1.47 bits per heavy atom. The highest BCUT2D eigenvalue weighted by molar-refractivity contribution is 7.80. The van der Waals surface area contributed by atoms with Crippen LogP contribution in [0.3, 0.4) is 0 Å². The number of aliphatic carboxylic acids is 1. The zero-order valence-corrected chi connectivity index (χ0v) is 44.4. The van der Waals surface area contributed by atoms with Crippen LogP contribution >= 0.6 is 12.2 Å². The monoisotopic (exact) mass is 1160 g/mol. The molecule has 0 spiro atoms. The first-order valence-corrected chi connectivity index (χ1v) is 26.2. The number of rotatable bonds is 23. The van der Waals surface area contributed by atoms with Crippen LogP contribution in [0.2, 0.25) is 0 Å². The number of phenols is 1. The molecular formula is C52H66N4O24S. The molecule has 3 saturated heterocycles. The van der Waals surface area contributed by atoms with Gasteiger partial charge in [0, 0.05) is 67.8 Å². The Morgan fingerprint density at radius 1 is 0.790 bits per heavy atom. The van der Waals surface area contributed by atoms with Gasteiger partial charge in [-0.25, -0.2) is 9.59 Å². The third-order valence-corrected chi connectivity index (χ3v) is 14.2. The number of carbonyl (C=O) groups is 4. The second-order valence-electron chi connectivity index (χ2n) is 19.8. The van der Waals surface area contributed by atoms with Crippen molar-refractivity contribution in [3.63, 3.8) is 0 Å². The zero-order valence-electron chi connectivity index (χ0n) is 43.6. The van der Waals surface area contributed by atoms with E-state index >= 15 is 0 Å². The average molecular weight is 1160 g/mol. The zero-order chi connectivity index (χ0) is 59.0. The van der Waals surface area contributed by atoms with Crippen molar-refractivity contribution < 1.29 is 113 Å². The highest BCUT2D eigenvalue weighted by atomic mass is 32.1. The Balaban J connectivity index is 0.930. The number of nitrogens with one attached hydrogen (secondary N) is 4. The van der Waals surface area contributed by atoms with Crippen molar-refractivity contribution in [3.05, 3.63) is 70.4 Å². The van der Waals surface area contributed by atoms with Crippen LogP contribution in [0.5, 0.6) is 5.75 Å². The Bertz CT molecular complexity index is 2900. The van der Waals surface area contributed by atoms with E-state index in [1.807, 2.05) is 0 Å². The van der Waals surface area contributed by atoms with Crippen LogP contribution in [0.1, 0.15) is 56.3 Å². The van der Waals surface area contributed by atoms with Gasteiger partial charge in [0.2, 0.25) is 11.8 Å². The number of aromatic carboxylic acids is 1. The van der Waals surface area contributed by atoms with Crippen LogP contribution in [-0.4, -0.2) is 221 Å². The molecule has 5 aliphatic rings. The minimum Gasteiger partial charge on any atom is -0.508 e. The summed E-state index contributed by atoms with van der Waals surface area (Å²) in [6.45, 7) is -0.324. The molecule has 2 aromatic carbocycles. The minimum absolute atomic E-state index is 0.0297. The van der Waals surface area contributed by atoms with E-state index in [0.29, 0.717) is 60.0 Å². The Morgan fingerprint density at radius 3 is 2.14 bits per heavy atom. The van der Waals surface area contributed by atoms with E-state index < -0.39 is 148 Å². The van der Waals surface area contributed by atoms with Crippen molar-refractivity contribution in [2.75, 3.05) is 38.3 Å². The third-order valence-electron chi connectivity index (χ3n) is 13.9. The summed E-state index contributed by atoms with van der Waals surface area (Å²) in [7, 11) is 0. The summed E-state index contributed by atoms with van der Waals surface area (Å²) in [5.74, 6) is -7.61. The van der Waals surface area contributed by atoms with E-state index in [2.05, 4.69) is 21.3 Å². The fraction of sp³-hybridized carbons (Fsp3) is 0.538. The second kappa shape index (κ2) is 27.3. The number of anilines is 1. The number of fused-ring (bicyclic) bond motifs is 2. The molecule has 0 bridgehead atoms. The van der Waals surface area contributed by atoms with Gasteiger partial charge in [0.1, 0.15) is 84.2 Å². The molecule has 0 saturated carbocycles. The van der Waals surface area contributed by atoms with Gasteiger partial charge in [0.15, 0.2) is 23.1 Å². The van der Waals surface area contributed by atoms with Gasteiger partial charge in [-0.05, 0) is 67.0 Å². The summed E-state index contributed by atoms with van der Waals surface area (Å²) in [4.78, 5) is 62.2. The predicted octanol–water partition coefficient (Wildman–Crippen LogP) is -2.23. The molecule has 29 heteroatoms. The maximum atomic E-state index is 12.9. The first-order valence-electron chi connectivity index (χ1n) is 25.8. The first-order chi connectivity index (χ1) is 38.5. The van der Waals surface area contributed by atoms with Gasteiger partial charge in [-0.2, -0.15) is 0 Å². The lowest BCUT2D eigenvalue weighted by atomic mass is 9.88. The molecule has 2 aromatic rings. The number of hydrogen-bond acceptors (Lipinski definition) is 23. The molecule has 16 N–H and O–H groups in total. The molecule has 3 fully saturated rings. The fourth-order valence-corrected chi connectivity index (χ4v) is 10.2. The van der Waals surface area contributed by atoms with Crippen LogP contribution in [0, 0.1) is 0 Å². The lowest BCUT2D eigenvalue weighted by molar-refractivity contribution is -0.382. The highest BCUT2D eigenvalue weighted by Crippen LogP contribution is 2.43. The number of thiocarbonyl (C=S) groups is 1. The molecule has 28 nitrogen and oxygen atoms in total. The van der Waals surface area contributed by atoms with Gasteiger partial charge in [0.05, 0.1) is 37.5 Å².